The van der Waals surface area contributed by atoms with Crippen LogP contribution in [0, 0.1) is 11.8 Å². The van der Waals surface area contributed by atoms with E-state index < -0.39 is 30.5 Å². The summed E-state index contributed by atoms with van der Waals surface area (Å²) in [4.78, 5) is 27.2. The largest absolute Gasteiger partial charge is 0.437 e. The number of piperidine rings is 1. The van der Waals surface area contributed by atoms with Crippen LogP contribution in [0.3, 0.4) is 0 Å². The van der Waals surface area contributed by atoms with Gasteiger partial charge < -0.3 is 14.8 Å². The Bertz CT molecular complexity index is 1350. The summed E-state index contributed by atoms with van der Waals surface area (Å²) in [5, 5.41) is 15.1. The van der Waals surface area contributed by atoms with Crippen molar-refractivity contribution in [3.8, 4) is 0 Å². The zero-order chi connectivity index (χ0) is 27.2. The van der Waals surface area contributed by atoms with Gasteiger partial charge in [0.2, 0.25) is 0 Å². The molecule has 2 aromatic heterocycles. The van der Waals surface area contributed by atoms with E-state index in [4.69, 9.17) is 33.1 Å². The van der Waals surface area contributed by atoms with Crippen molar-refractivity contribution in [3.63, 3.8) is 0 Å². The molecule has 0 saturated carbocycles. The van der Waals surface area contributed by atoms with E-state index in [-0.39, 0.29) is 17.1 Å². The molecule has 38 heavy (non-hydrogen) atoms. The molecule has 5 rings (SSSR count). The Labute approximate surface area is 226 Å². The monoisotopic (exact) mass is 572 g/mol. The number of carbonyl (C=O) groups excluding carboxylic acids is 1. The third-order valence-electron chi connectivity index (χ3n) is 7.12. The van der Waals surface area contributed by atoms with Gasteiger partial charge in [0.25, 0.3) is 0 Å². The second-order valence-corrected chi connectivity index (χ2v) is 10.5. The summed E-state index contributed by atoms with van der Waals surface area (Å²) in [5.74, 6) is 0.342. The zero-order valence-electron chi connectivity index (χ0n) is 20.3. The normalized spacial score (nSPS) is 20.0. The fraction of sp³-hybridized carbons (Fsp3) is 0.500. The maximum atomic E-state index is 13.8. The van der Waals surface area contributed by atoms with E-state index in [1.165, 1.54) is 16.9 Å². The maximum Gasteiger partial charge on any atom is 0.437 e. The van der Waals surface area contributed by atoms with Crippen molar-refractivity contribution in [2.24, 2.45) is 11.8 Å². The second kappa shape index (κ2) is 10.5. The molecule has 2 aliphatic rings. The van der Waals surface area contributed by atoms with Crippen LogP contribution >= 0.6 is 23.2 Å². The Balaban J connectivity index is 1.38. The lowest BCUT2D eigenvalue weighted by Crippen LogP contribution is -2.54. The van der Waals surface area contributed by atoms with Gasteiger partial charge in [-0.05, 0) is 49.3 Å². The van der Waals surface area contributed by atoms with Crippen LogP contribution in [0.1, 0.15) is 37.1 Å². The second-order valence-electron chi connectivity index (χ2n) is 9.61. The van der Waals surface area contributed by atoms with Crippen molar-refractivity contribution in [1.29, 1.82) is 0 Å². The third-order valence-corrected chi connectivity index (χ3v) is 7.68. The molecule has 2 aliphatic heterocycles. The molecule has 2 fully saturated rings. The first-order valence-electron chi connectivity index (χ1n) is 12.1. The smallest absolute Gasteiger partial charge is 0.385 e. The molecule has 9 nitrogen and oxygen atoms in total. The SMILES string of the molecule is C[C@H](c1ccc(Cl)cc1Cl)n1nc(C(F)(F)F)c2ncc(N3CC([C@H]4CCCN(OC(=O)CO)C4)C3)nc21. The van der Waals surface area contributed by atoms with Gasteiger partial charge in [-0.25, -0.2) is 19.4 Å². The first kappa shape index (κ1) is 26.9. The summed E-state index contributed by atoms with van der Waals surface area (Å²) in [6.07, 6.45) is -1.54. The Hall–Kier alpha value is -2.67. The number of hydrogen-bond donors (Lipinski definition) is 1. The molecule has 0 radical (unpaired) electrons. The summed E-state index contributed by atoms with van der Waals surface area (Å²) in [6.45, 7) is 3.48. The highest BCUT2D eigenvalue weighted by atomic mass is 35.5. The Kier molecular flexibility index (Phi) is 7.42. The molecule has 1 aromatic carbocycles. The summed E-state index contributed by atoms with van der Waals surface area (Å²) in [6, 6.07) is 4.13. The quantitative estimate of drug-likeness (QED) is 0.465. The standard InChI is InChI=1S/C24H25Cl2F3N6O3/c1-13(17-5-4-16(25)7-18(17)26)35-23-21(22(32-35)24(27,28)29)30-8-19(31-23)33-9-15(10-33)14-3-2-6-34(11-14)38-20(37)12-36/h4-5,7-8,13-15,36H,2-3,6,9-12H2,1H3/t13-,14+/m1/s1. The molecule has 0 bridgehead atoms. The van der Waals surface area contributed by atoms with Crippen LogP contribution in [0.25, 0.3) is 11.2 Å². The fourth-order valence-electron chi connectivity index (χ4n) is 5.10. The number of aliphatic hydroxyl groups excluding tert-OH is 1. The average molecular weight is 573 g/mol. The molecule has 204 valence electrons. The van der Waals surface area contributed by atoms with Crippen LogP contribution in [-0.4, -0.2) is 68.7 Å². The van der Waals surface area contributed by atoms with Gasteiger partial charge in [-0.2, -0.15) is 18.3 Å². The van der Waals surface area contributed by atoms with Gasteiger partial charge in [-0.1, -0.05) is 29.3 Å². The first-order chi connectivity index (χ1) is 18.0. The minimum absolute atomic E-state index is 0.0107. The zero-order valence-corrected chi connectivity index (χ0v) is 21.8. The van der Waals surface area contributed by atoms with E-state index in [2.05, 4.69) is 15.1 Å². The number of anilines is 1. The van der Waals surface area contributed by atoms with Crippen molar-refractivity contribution >= 4 is 46.2 Å². The molecular formula is C24H25Cl2F3N6O3. The average Bonchev–Trinajstić information content (AvgIpc) is 3.22. The summed E-state index contributed by atoms with van der Waals surface area (Å²) < 4.78 is 42.6. The highest BCUT2D eigenvalue weighted by molar-refractivity contribution is 6.35. The number of rotatable bonds is 6. The molecule has 0 spiro atoms. The van der Waals surface area contributed by atoms with Gasteiger partial charge in [0.1, 0.15) is 17.9 Å². The summed E-state index contributed by atoms with van der Waals surface area (Å²) in [7, 11) is 0. The molecule has 0 aliphatic carbocycles. The number of halogens is 5. The van der Waals surface area contributed by atoms with Crippen LogP contribution < -0.4 is 4.90 Å². The van der Waals surface area contributed by atoms with Crippen molar-refractivity contribution in [2.45, 2.75) is 32.0 Å². The highest BCUT2D eigenvalue weighted by Gasteiger charge is 2.41. The van der Waals surface area contributed by atoms with E-state index in [0.29, 0.717) is 53.5 Å². The number of hydrogen-bond acceptors (Lipinski definition) is 8. The molecule has 2 atom stereocenters. The van der Waals surface area contributed by atoms with E-state index >= 15 is 0 Å². The number of carbonyl (C=O) groups is 1. The van der Waals surface area contributed by atoms with Crippen LogP contribution in [0.4, 0.5) is 19.0 Å². The van der Waals surface area contributed by atoms with Gasteiger partial charge in [0, 0.05) is 36.2 Å². The maximum absolute atomic E-state index is 13.8. The predicted octanol–water partition coefficient (Wildman–Crippen LogP) is 4.36. The Morgan fingerprint density at radius 3 is 2.68 bits per heavy atom. The van der Waals surface area contributed by atoms with E-state index in [9.17, 15) is 18.0 Å². The van der Waals surface area contributed by atoms with Gasteiger partial charge >= 0.3 is 12.1 Å². The number of hydroxylamine groups is 2. The number of nitrogens with zero attached hydrogens (tertiary/aromatic N) is 6. The fourth-order valence-corrected chi connectivity index (χ4v) is 5.66. The summed E-state index contributed by atoms with van der Waals surface area (Å²) >= 11 is 12.3. The number of aliphatic hydroxyl groups is 1. The van der Waals surface area contributed by atoms with E-state index in [0.717, 1.165) is 12.8 Å². The lowest BCUT2D eigenvalue weighted by molar-refractivity contribution is -0.203. The number of fused-ring (bicyclic) bond motifs is 1. The van der Waals surface area contributed by atoms with Crippen molar-refractivity contribution in [3.05, 3.63) is 45.7 Å². The minimum atomic E-state index is -4.71. The molecule has 14 heteroatoms. The number of alkyl halides is 3. The van der Waals surface area contributed by atoms with Crippen LogP contribution in [-0.2, 0) is 15.8 Å². The lowest BCUT2D eigenvalue weighted by Gasteiger charge is -2.46. The van der Waals surface area contributed by atoms with Gasteiger partial charge in [0.15, 0.2) is 11.3 Å². The van der Waals surface area contributed by atoms with Crippen molar-refractivity contribution < 1.29 is 27.9 Å². The van der Waals surface area contributed by atoms with Crippen LogP contribution in [0.15, 0.2) is 24.4 Å². The van der Waals surface area contributed by atoms with Gasteiger partial charge in [-0.15, -0.1) is 5.06 Å². The summed E-state index contributed by atoms with van der Waals surface area (Å²) in [5.41, 5.74) is -0.876. The topological polar surface area (TPSA) is 96.6 Å². The van der Waals surface area contributed by atoms with E-state index in [1.54, 1.807) is 24.1 Å². The predicted molar refractivity (Wildman–Crippen MR) is 134 cm³/mol. The highest BCUT2D eigenvalue weighted by Crippen LogP contribution is 2.38. The molecule has 2 saturated heterocycles. The molecule has 3 aromatic rings. The Morgan fingerprint density at radius 1 is 1.24 bits per heavy atom. The lowest BCUT2D eigenvalue weighted by atomic mass is 9.81. The van der Waals surface area contributed by atoms with Gasteiger partial charge in [0.05, 0.1) is 12.2 Å². The molecule has 4 heterocycles. The third kappa shape index (κ3) is 5.27. The van der Waals surface area contributed by atoms with Crippen LogP contribution in [0.5, 0.6) is 0 Å². The molecule has 0 unspecified atom stereocenters. The number of benzene rings is 1. The number of aromatic nitrogens is 4. The Morgan fingerprint density at radius 2 is 2.00 bits per heavy atom. The van der Waals surface area contributed by atoms with E-state index in [1.807, 2.05) is 4.90 Å². The minimum Gasteiger partial charge on any atom is -0.385 e. The first-order valence-corrected chi connectivity index (χ1v) is 12.9. The van der Waals surface area contributed by atoms with Gasteiger partial charge in [-0.3, -0.25) is 0 Å². The molecule has 1 N–H and O–H groups in total. The molecular weight excluding hydrogens is 548 g/mol. The van der Waals surface area contributed by atoms with Crippen molar-refractivity contribution in [2.75, 3.05) is 37.7 Å². The van der Waals surface area contributed by atoms with Crippen molar-refractivity contribution in [1.82, 2.24) is 24.8 Å². The van der Waals surface area contributed by atoms with Crippen LogP contribution in [0.2, 0.25) is 10.0 Å². The molecule has 0 amide bonds.